The van der Waals surface area contributed by atoms with Gasteiger partial charge in [0.15, 0.2) is 0 Å². The van der Waals surface area contributed by atoms with E-state index in [2.05, 4.69) is 89.7 Å². The van der Waals surface area contributed by atoms with Crippen molar-refractivity contribution in [2.75, 3.05) is 0 Å². The van der Waals surface area contributed by atoms with Gasteiger partial charge in [0.2, 0.25) is 0 Å². The second-order valence-electron chi connectivity index (χ2n) is 7.38. The molecule has 0 unspecified atom stereocenters. The van der Waals surface area contributed by atoms with Crippen LogP contribution < -0.4 is 0 Å². The van der Waals surface area contributed by atoms with Crippen LogP contribution in [0.5, 0.6) is 0 Å². The zero-order valence-electron chi connectivity index (χ0n) is 17.4. The molecule has 5 aromatic rings. The maximum Gasteiger partial charge on any atom is 0.300 e. The smallest absolute Gasteiger partial charge is 0.300 e. The van der Waals surface area contributed by atoms with E-state index in [0.717, 1.165) is 34.5 Å². The quantitative estimate of drug-likeness (QED) is 0.103. The number of fused-ring (bicyclic) bond motifs is 3. The number of hydrogen-bond donors (Lipinski definition) is 0. The highest BCUT2D eigenvalue weighted by atomic mass is 33.1. The van der Waals surface area contributed by atoms with Gasteiger partial charge in [0.05, 0.1) is 26.5 Å². The summed E-state index contributed by atoms with van der Waals surface area (Å²) < 4.78 is 7.34. The van der Waals surface area contributed by atoms with E-state index in [1.807, 2.05) is 0 Å². The van der Waals surface area contributed by atoms with E-state index in [4.69, 9.17) is 9.44 Å². The van der Waals surface area contributed by atoms with Crippen molar-refractivity contribution >= 4 is 55.0 Å². The Balaban J connectivity index is 1.77. The number of nitrogens with zero attached hydrogens (tertiary/aromatic N) is 2. The molecule has 2 heterocycles. The Hall–Kier alpha value is -2.85. The predicted molar refractivity (Wildman–Crippen MR) is 138 cm³/mol. The molecule has 3 nitrogen and oxygen atoms in total. The normalized spacial score (nSPS) is 11.1. The summed E-state index contributed by atoms with van der Waals surface area (Å²) in [6.45, 7) is 2.21. The predicted octanol–water partition coefficient (Wildman–Crippen LogP) is 8.62. The zero-order chi connectivity index (χ0) is 21.9. The largest absolute Gasteiger partial charge is 0.340 e. The number of nitriles is 1. The average Bonchev–Trinajstić information content (AvgIpc) is 3.38. The van der Waals surface area contributed by atoms with Gasteiger partial charge in [0.1, 0.15) is 11.1 Å². The van der Waals surface area contributed by atoms with Crippen molar-refractivity contribution in [2.45, 2.75) is 24.7 Å². The first kappa shape index (κ1) is 21.0. The molecule has 2 aromatic heterocycles. The molecule has 6 heteroatoms. The molecule has 0 saturated carbocycles. The molecule has 158 valence electrons. The molecule has 0 aliphatic carbocycles. The van der Waals surface area contributed by atoms with Crippen molar-refractivity contribution in [3.8, 4) is 22.4 Å². The summed E-state index contributed by atoms with van der Waals surface area (Å²) in [5, 5.41) is 13.6. The van der Waals surface area contributed by atoms with Crippen LogP contribution in [0.1, 0.15) is 18.9 Å². The zero-order valence-corrected chi connectivity index (χ0v) is 19.9. The monoisotopic (exact) mass is 472 g/mol. The molecule has 0 radical (unpaired) electrons. The molecular weight excluding hydrogens is 453 g/mol. The van der Waals surface area contributed by atoms with Gasteiger partial charge in [-0.1, -0.05) is 74.0 Å². The summed E-state index contributed by atoms with van der Waals surface area (Å²) in [4.78, 5) is 2.33. The molecule has 3 aromatic carbocycles. The van der Waals surface area contributed by atoms with Crippen LogP contribution in [0.4, 0.5) is 0 Å². The number of para-hydroxylation sites is 2. The third kappa shape index (κ3) is 3.67. The van der Waals surface area contributed by atoms with Crippen LogP contribution >= 0.6 is 33.2 Å². The van der Waals surface area contributed by atoms with Crippen molar-refractivity contribution in [1.82, 2.24) is 4.57 Å². The molecule has 0 aliphatic rings. The number of thiophene rings is 1. The Morgan fingerprint density at radius 2 is 1.59 bits per heavy atom. The lowest BCUT2D eigenvalue weighted by atomic mass is 10.0. The number of rotatable bonds is 7. The fourth-order valence-electron chi connectivity index (χ4n) is 4.24. The average molecular weight is 473 g/mol. The molecule has 5 rings (SSSR count). The minimum atomic E-state index is 1.03. The molecule has 32 heavy (non-hydrogen) atoms. The number of benzene rings is 3. The summed E-state index contributed by atoms with van der Waals surface area (Å²) in [5.74, 6) is 0. The third-order valence-corrected chi connectivity index (χ3v) is 8.35. The molecule has 0 spiro atoms. The van der Waals surface area contributed by atoms with Crippen molar-refractivity contribution in [3.05, 3.63) is 83.7 Å². The van der Waals surface area contributed by atoms with Gasteiger partial charge in [-0.15, -0.1) is 16.6 Å². The van der Waals surface area contributed by atoms with Gasteiger partial charge in [-0.2, -0.15) is 0 Å². The first-order valence-corrected chi connectivity index (χ1v) is 13.4. The number of hydrogen-bond acceptors (Lipinski definition) is 5. The first-order valence-electron chi connectivity index (χ1n) is 10.4. The van der Waals surface area contributed by atoms with Crippen LogP contribution in [-0.4, -0.2) is 4.57 Å². The molecule has 0 bridgehead atoms. The Morgan fingerprint density at radius 1 is 0.938 bits per heavy atom. The molecule has 0 N–H and O–H groups in total. The SMILES string of the molecule is CCCc1ccccc1-c1scc(-n2c3ccccc3c3ccccc32)c1SSOC#N. The number of aromatic nitrogens is 1. The second kappa shape index (κ2) is 9.33. The van der Waals surface area contributed by atoms with Crippen molar-refractivity contribution in [2.24, 2.45) is 0 Å². The van der Waals surface area contributed by atoms with E-state index >= 15 is 0 Å². The summed E-state index contributed by atoms with van der Waals surface area (Å²) in [7, 11) is 1.50. The summed E-state index contributed by atoms with van der Waals surface area (Å²) in [6, 6.07) is 25.7. The van der Waals surface area contributed by atoms with Gasteiger partial charge in [-0.3, -0.25) is 0 Å². The van der Waals surface area contributed by atoms with Gasteiger partial charge in [-0.05, 0) is 40.5 Å². The molecule has 0 amide bonds. The van der Waals surface area contributed by atoms with E-state index < -0.39 is 0 Å². The number of aryl methyl sites for hydroxylation is 1. The Labute approximate surface area is 199 Å². The Morgan fingerprint density at radius 3 is 2.28 bits per heavy atom. The van der Waals surface area contributed by atoms with E-state index in [1.54, 1.807) is 17.6 Å². The van der Waals surface area contributed by atoms with E-state index in [0.29, 0.717) is 0 Å². The highest BCUT2D eigenvalue weighted by molar-refractivity contribution is 8.75. The van der Waals surface area contributed by atoms with Gasteiger partial charge in [0, 0.05) is 16.2 Å². The maximum atomic E-state index is 8.92. The fourth-order valence-corrected chi connectivity index (χ4v) is 7.19. The standard InChI is InChI=1S/C26H20N2OS3/c1-2-9-18-10-3-4-11-19(18)25-26(31-32-29-17-27)24(16-30-25)28-22-14-7-5-12-20(22)21-13-6-8-15-23(21)28/h3-8,10-16H,2,9H2,1H3. The van der Waals surface area contributed by atoms with Gasteiger partial charge in [0.25, 0.3) is 0 Å². The lowest BCUT2D eigenvalue weighted by Crippen LogP contribution is -1.94. The van der Waals surface area contributed by atoms with E-state index in [-0.39, 0.29) is 0 Å². The fraction of sp³-hybridized carbons (Fsp3) is 0.115. The van der Waals surface area contributed by atoms with Crippen LogP contribution in [0.2, 0.25) is 0 Å². The minimum absolute atomic E-state index is 1.03. The molecule has 0 aliphatic heterocycles. The molecule has 0 saturated heterocycles. The lowest BCUT2D eigenvalue weighted by molar-refractivity contribution is 0.604. The van der Waals surface area contributed by atoms with Gasteiger partial charge < -0.3 is 8.75 Å². The van der Waals surface area contributed by atoms with E-state index in [1.165, 1.54) is 48.6 Å². The Kier molecular flexibility index (Phi) is 6.13. The lowest BCUT2D eigenvalue weighted by Gasteiger charge is -2.12. The van der Waals surface area contributed by atoms with Gasteiger partial charge >= 0.3 is 6.26 Å². The Bertz CT molecular complexity index is 1390. The first-order chi connectivity index (χ1) is 15.8. The van der Waals surface area contributed by atoms with Crippen LogP contribution in [0.25, 0.3) is 37.9 Å². The van der Waals surface area contributed by atoms with Gasteiger partial charge in [-0.25, -0.2) is 0 Å². The summed E-state index contributed by atoms with van der Waals surface area (Å²) in [5.41, 5.74) is 6.07. The second-order valence-corrected chi connectivity index (χ2v) is 10.0. The van der Waals surface area contributed by atoms with Crippen molar-refractivity contribution < 1.29 is 4.18 Å². The van der Waals surface area contributed by atoms with E-state index in [9.17, 15) is 0 Å². The topological polar surface area (TPSA) is 38.0 Å². The molecule has 0 atom stereocenters. The van der Waals surface area contributed by atoms with Crippen molar-refractivity contribution in [1.29, 1.82) is 5.26 Å². The highest BCUT2D eigenvalue weighted by Gasteiger charge is 2.21. The molecular formula is C26H20N2OS3. The van der Waals surface area contributed by atoms with Crippen LogP contribution in [-0.2, 0) is 10.6 Å². The minimum Gasteiger partial charge on any atom is -0.340 e. The van der Waals surface area contributed by atoms with Crippen LogP contribution in [0.15, 0.2) is 83.1 Å². The van der Waals surface area contributed by atoms with Crippen LogP contribution in [0.3, 0.4) is 0 Å². The maximum absolute atomic E-state index is 8.92. The summed E-state index contributed by atoms with van der Waals surface area (Å²) in [6.07, 6.45) is 3.90. The molecule has 0 fully saturated rings. The van der Waals surface area contributed by atoms with Crippen LogP contribution in [0, 0.1) is 11.5 Å². The van der Waals surface area contributed by atoms with Crippen molar-refractivity contribution in [3.63, 3.8) is 0 Å². The summed E-state index contributed by atoms with van der Waals surface area (Å²) >= 11 is 2.86. The third-order valence-electron chi connectivity index (χ3n) is 5.52. The highest BCUT2D eigenvalue weighted by Crippen LogP contribution is 2.48.